The molecular formula is C21H20O10. The third-order valence-electron chi connectivity index (χ3n) is 5.09. The van der Waals surface area contributed by atoms with E-state index >= 15 is 0 Å². The number of hydrogen-bond donors (Lipinski definition) is 6. The third kappa shape index (κ3) is 3.77. The molecule has 2 aromatic carbocycles. The lowest BCUT2D eigenvalue weighted by molar-refractivity contribution is -0.268. The molecule has 31 heavy (non-hydrogen) atoms. The minimum absolute atomic E-state index is 0.0416. The minimum atomic E-state index is -1.55. The van der Waals surface area contributed by atoms with Gasteiger partial charge in [-0.05, 0) is 25.1 Å². The summed E-state index contributed by atoms with van der Waals surface area (Å²) in [5.41, 5.74) is -0.297. The number of ether oxygens (including phenoxy) is 2. The van der Waals surface area contributed by atoms with Crippen molar-refractivity contribution in [3.05, 3.63) is 46.6 Å². The lowest BCUT2D eigenvalue weighted by Crippen LogP contribution is -2.58. The zero-order valence-electron chi connectivity index (χ0n) is 16.2. The van der Waals surface area contributed by atoms with Gasteiger partial charge in [-0.25, -0.2) is 0 Å². The number of aliphatic hydroxyl groups excluding tert-OH is 3. The van der Waals surface area contributed by atoms with Crippen LogP contribution in [0.2, 0.25) is 0 Å². The van der Waals surface area contributed by atoms with Gasteiger partial charge in [0.05, 0.1) is 6.10 Å². The average molecular weight is 432 g/mol. The van der Waals surface area contributed by atoms with Crippen molar-refractivity contribution in [3.8, 4) is 34.3 Å². The van der Waals surface area contributed by atoms with Gasteiger partial charge in [-0.15, -0.1) is 0 Å². The van der Waals surface area contributed by atoms with Gasteiger partial charge < -0.3 is 44.5 Å². The summed E-state index contributed by atoms with van der Waals surface area (Å²) in [5.74, 6) is -1.10. The van der Waals surface area contributed by atoms with Crippen LogP contribution in [-0.2, 0) is 4.74 Å². The Hall–Kier alpha value is -3.31. The summed E-state index contributed by atoms with van der Waals surface area (Å²) in [6.45, 7) is 1.50. The van der Waals surface area contributed by atoms with Gasteiger partial charge >= 0.3 is 0 Å². The van der Waals surface area contributed by atoms with Crippen LogP contribution >= 0.6 is 0 Å². The van der Waals surface area contributed by atoms with Gasteiger partial charge in [0.1, 0.15) is 46.5 Å². The number of hydrogen-bond acceptors (Lipinski definition) is 10. The molecule has 1 fully saturated rings. The molecule has 5 atom stereocenters. The largest absolute Gasteiger partial charge is 0.508 e. The van der Waals surface area contributed by atoms with Crippen LogP contribution < -0.4 is 10.2 Å². The van der Waals surface area contributed by atoms with Crippen LogP contribution in [-0.4, -0.2) is 61.3 Å². The maximum absolute atomic E-state index is 12.4. The Morgan fingerprint density at radius 1 is 0.903 bits per heavy atom. The molecule has 4 rings (SSSR count). The van der Waals surface area contributed by atoms with Gasteiger partial charge in [-0.1, -0.05) is 0 Å². The van der Waals surface area contributed by atoms with Crippen molar-refractivity contribution >= 4 is 11.0 Å². The Balaban J connectivity index is 1.64. The summed E-state index contributed by atoms with van der Waals surface area (Å²) in [5, 5.41) is 59.4. The van der Waals surface area contributed by atoms with Crippen LogP contribution in [0.25, 0.3) is 22.3 Å². The smallest absolute Gasteiger partial charge is 0.229 e. The Kier molecular flexibility index (Phi) is 5.23. The zero-order valence-corrected chi connectivity index (χ0v) is 16.2. The number of aliphatic hydroxyl groups is 3. The van der Waals surface area contributed by atoms with Crippen LogP contribution in [0.4, 0.5) is 0 Å². The van der Waals surface area contributed by atoms with E-state index in [-0.39, 0.29) is 34.0 Å². The summed E-state index contributed by atoms with van der Waals surface area (Å²) in [7, 11) is 0. The molecule has 0 saturated carbocycles. The van der Waals surface area contributed by atoms with Crippen molar-refractivity contribution < 1.29 is 44.5 Å². The highest BCUT2D eigenvalue weighted by Crippen LogP contribution is 2.35. The number of phenolic OH excluding ortho intramolecular Hbond substituents is 3. The normalized spacial score (nSPS) is 26.1. The predicted molar refractivity (Wildman–Crippen MR) is 106 cm³/mol. The molecule has 0 spiro atoms. The molecule has 0 amide bonds. The van der Waals surface area contributed by atoms with Crippen LogP contribution in [0.3, 0.4) is 0 Å². The van der Waals surface area contributed by atoms with Crippen LogP contribution in [0, 0.1) is 0 Å². The van der Waals surface area contributed by atoms with E-state index in [9.17, 15) is 35.4 Å². The topological polar surface area (TPSA) is 170 Å². The Morgan fingerprint density at radius 2 is 1.65 bits per heavy atom. The van der Waals surface area contributed by atoms with Gasteiger partial charge in [-0.2, -0.15) is 0 Å². The van der Waals surface area contributed by atoms with E-state index in [0.29, 0.717) is 5.56 Å². The Labute approximate surface area is 174 Å². The van der Waals surface area contributed by atoms with Crippen molar-refractivity contribution in [1.82, 2.24) is 0 Å². The highest BCUT2D eigenvalue weighted by molar-refractivity contribution is 5.86. The molecule has 10 nitrogen and oxygen atoms in total. The second kappa shape index (κ2) is 7.75. The molecule has 10 heteroatoms. The molecule has 1 saturated heterocycles. The number of benzene rings is 2. The highest BCUT2D eigenvalue weighted by Gasteiger charge is 2.43. The summed E-state index contributed by atoms with van der Waals surface area (Å²) >= 11 is 0. The fraction of sp³-hybridized carbons (Fsp3) is 0.286. The average Bonchev–Trinajstić information content (AvgIpc) is 2.70. The molecule has 0 unspecified atom stereocenters. The number of rotatable bonds is 3. The summed E-state index contributed by atoms with van der Waals surface area (Å²) in [4.78, 5) is 12.4. The van der Waals surface area contributed by atoms with E-state index in [1.54, 1.807) is 0 Å². The number of phenols is 3. The SMILES string of the molecule is C[C@@H]1O[C@H](Oc2ccc(-c3cc(=O)c4c(O)cc(O)cc4o3)cc2O)[C@H](O)[C@H](O)[C@H]1O. The molecule has 164 valence electrons. The fourth-order valence-electron chi connectivity index (χ4n) is 3.40. The number of fused-ring (bicyclic) bond motifs is 1. The van der Waals surface area contributed by atoms with E-state index in [1.807, 2.05) is 0 Å². The summed E-state index contributed by atoms with van der Waals surface area (Å²) in [6.07, 6.45) is -6.49. The maximum atomic E-state index is 12.4. The standard InChI is InChI=1S/C21H20O10/c1-8-18(26)19(27)20(28)21(29-8)31-14-3-2-9(4-11(14)23)15-7-13(25)17-12(24)5-10(22)6-16(17)30-15/h2-8,18-24,26-28H,1H3/t8-,18-,19+,20+,21+/m0/s1. The van der Waals surface area contributed by atoms with Gasteiger partial charge in [-0.3, -0.25) is 4.79 Å². The molecule has 6 N–H and O–H groups in total. The summed E-state index contributed by atoms with van der Waals surface area (Å²) < 4.78 is 16.4. The first-order chi connectivity index (χ1) is 14.7. The first-order valence-electron chi connectivity index (χ1n) is 9.35. The molecule has 0 aliphatic carbocycles. The van der Waals surface area contributed by atoms with Gasteiger partial charge in [0.15, 0.2) is 16.9 Å². The number of aromatic hydroxyl groups is 3. The predicted octanol–water partition coefficient (Wildman–Crippen LogP) is 0.783. The van der Waals surface area contributed by atoms with Crippen molar-refractivity contribution in [2.75, 3.05) is 0 Å². The van der Waals surface area contributed by atoms with Gasteiger partial charge in [0.2, 0.25) is 6.29 Å². The van der Waals surface area contributed by atoms with Crippen LogP contribution in [0.1, 0.15) is 6.92 Å². The minimum Gasteiger partial charge on any atom is -0.508 e. The molecule has 2 heterocycles. The lowest BCUT2D eigenvalue weighted by Gasteiger charge is -2.38. The monoisotopic (exact) mass is 432 g/mol. The Bertz CT molecular complexity index is 1190. The van der Waals surface area contributed by atoms with E-state index in [2.05, 4.69) is 0 Å². The first kappa shape index (κ1) is 20.9. The Morgan fingerprint density at radius 3 is 2.35 bits per heavy atom. The molecule has 0 bridgehead atoms. The van der Waals surface area contributed by atoms with Gasteiger partial charge in [0.25, 0.3) is 0 Å². The molecule has 0 radical (unpaired) electrons. The first-order valence-corrected chi connectivity index (χ1v) is 9.35. The van der Waals surface area contributed by atoms with Crippen LogP contribution in [0.5, 0.6) is 23.0 Å². The van der Waals surface area contributed by atoms with E-state index in [1.165, 1.54) is 31.2 Å². The van der Waals surface area contributed by atoms with Crippen LogP contribution in [0.15, 0.2) is 45.6 Å². The molecule has 1 aliphatic heterocycles. The molecule has 1 aliphatic rings. The van der Waals surface area contributed by atoms with Crippen molar-refractivity contribution in [2.24, 2.45) is 0 Å². The second-order valence-corrected chi connectivity index (χ2v) is 7.29. The lowest BCUT2D eigenvalue weighted by atomic mass is 10.00. The van der Waals surface area contributed by atoms with Gasteiger partial charge in [0, 0.05) is 23.8 Å². The van der Waals surface area contributed by atoms with Crippen molar-refractivity contribution in [3.63, 3.8) is 0 Å². The summed E-state index contributed by atoms with van der Waals surface area (Å²) in [6, 6.07) is 7.38. The molecule has 1 aromatic heterocycles. The quantitative estimate of drug-likeness (QED) is 0.348. The van der Waals surface area contributed by atoms with Crippen molar-refractivity contribution in [2.45, 2.75) is 37.6 Å². The highest BCUT2D eigenvalue weighted by atomic mass is 16.7. The van der Waals surface area contributed by atoms with E-state index < -0.39 is 41.9 Å². The second-order valence-electron chi connectivity index (χ2n) is 7.29. The third-order valence-corrected chi connectivity index (χ3v) is 5.09. The molecular weight excluding hydrogens is 412 g/mol. The van der Waals surface area contributed by atoms with E-state index in [0.717, 1.165) is 12.1 Å². The molecule has 3 aromatic rings. The van der Waals surface area contributed by atoms with E-state index in [4.69, 9.17) is 13.9 Å². The van der Waals surface area contributed by atoms with Crippen molar-refractivity contribution in [1.29, 1.82) is 0 Å². The zero-order chi connectivity index (χ0) is 22.4. The fourth-order valence-corrected chi connectivity index (χ4v) is 3.40. The maximum Gasteiger partial charge on any atom is 0.229 e.